The normalized spacial score (nSPS) is 26.8. The van der Waals surface area contributed by atoms with E-state index in [9.17, 15) is 13.2 Å². The molecular weight excluding hydrogens is 348 g/mol. The van der Waals surface area contributed by atoms with Crippen LogP contribution in [0.5, 0.6) is 0 Å². The number of rotatable bonds is 4. The number of ether oxygens (including phenoxy) is 1. The topological polar surface area (TPSA) is 76.0 Å². The van der Waals surface area contributed by atoms with E-state index in [0.29, 0.717) is 11.7 Å². The maximum atomic E-state index is 12.0. The van der Waals surface area contributed by atoms with Crippen molar-refractivity contribution in [2.75, 3.05) is 25.2 Å². The number of amidine groups is 1. The number of sulfone groups is 1. The van der Waals surface area contributed by atoms with E-state index in [2.05, 4.69) is 4.99 Å². The van der Waals surface area contributed by atoms with Crippen molar-refractivity contribution in [3.05, 3.63) is 35.4 Å². The monoisotopic (exact) mass is 368 g/mol. The molecule has 0 N–H and O–H groups in total. The summed E-state index contributed by atoms with van der Waals surface area (Å²) in [6, 6.07) is 7.95. The summed E-state index contributed by atoms with van der Waals surface area (Å²) in [4.78, 5) is 17.9. The van der Waals surface area contributed by atoms with Crippen molar-refractivity contribution in [1.29, 1.82) is 0 Å². The number of aliphatic imine (C=N–C) groups is 1. The summed E-state index contributed by atoms with van der Waals surface area (Å²) in [7, 11) is -1.58. The molecule has 8 heteroatoms. The Bertz CT molecular complexity index is 759. The summed E-state index contributed by atoms with van der Waals surface area (Å²) in [5, 5.41) is 0.539. The van der Waals surface area contributed by atoms with Crippen LogP contribution in [0.3, 0.4) is 0 Å². The fourth-order valence-electron chi connectivity index (χ4n) is 2.97. The molecule has 2 atom stereocenters. The van der Waals surface area contributed by atoms with Gasteiger partial charge >= 0.3 is 0 Å². The number of benzene rings is 1. The number of carbonyl (C=O) groups excluding carboxylic acids is 1. The molecule has 2 aliphatic rings. The van der Waals surface area contributed by atoms with Crippen molar-refractivity contribution < 1.29 is 17.9 Å². The maximum Gasteiger partial charge on any atom is 0.274 e. The van der Waals surface area contributed by atoms with Gasteiger partial charge in [0.2, 0.25) is 0 Å². The number of aryl methyl sites for hydroxylation is 1. The van der Waals surface area contributed by atoms with Crippen molar-refractivity contribution >= 4 is 32.7 Å². The minimum absolute atomic E-state index is 0.0606. The van der Waals surface area contributed by atoms with E-state index in [0.717, 1.165) is 5.56 Å². The maximum absolute atomic E-state index is 12.0. The molecule has 6 nitrogen and oxygen atoms in total. The molecule has 130 valence electrons. The molecule has 0 saturated carbocycles. The van der Waals surface area contributed by atoms with Gasteiger partial charge in [0.15, 0.2) is 15.0 Å². The van der Waals surface area contributed by atoms with E-state index in [1.165, 1.54) is 24.4 Å². The molecule has 0 bridgehead atoms. The lowest BCUT2D eigenvalue weighted by molar-refractivity contribution is -0.121. The Kier molecular flexibility index (Phi) is 4.98. The molecule has 3 rings (SSSR count). The third-order valence-electron chi connectivity index (χ3n) is 4.14. The molecule has 2 fully saturated rings. The number of nitrogens with zero attached hydrogens (tertiary/aromatic N) is 2. The Morgan fingerprint density at radius 3 is 2.71 bits per heavy atom. The number of thioether (sulfide) groups is 1. The number of hydrogen-bond donors (Lipinski definition) is 0. The van der Waals surface area contributed by atoms with E-state index >= 15 is 0 Å². The molecule has 0 aliphatic carbocycles. The van der Waals surface area contributed by atoms with Gasteiger partial charge in [-0.25, -0.2) is 8.42 Å². The third kappa shape index (κ3) is 3.81. The second-order valence-electron chi connectivity index (χ2n) is 6.14. The standard InChI is InChI=1S/C16H20N2O4S2/c1-11-3-5-12(6-4-11)7-18-13-9-24(20,21)10-14(13)23-16(18)17-15(19)8-22-2/h3-6,13-14H,7-10H2,1-2H3/t13-,14+/m0/s1. The highest BCUT2D eigenvalue weighted by Gasteiger charge is 2.48. The van der Waals surface area contributed by atoms with Crippen LogP contribution in [-0.4, -0.2) is 60.9 Å². The van der Waals surface area contributed by atoms with Gasteiger partial charge in [0.1, 0.15) is 6.61 Å². The summed E-state index contributed by atoms with van der Waals surface area (Å²) in [6.07, 6.45) is 0. The number of methoxy groups -OCH3 is 1. The summed E-state index contributed by atoms with van der Waals surface area (Å²) in [6.45, 7) is 2.49. The number of hydrogen-bond acceptors (Lipinski definition) is 5. The van der Waals surface area contributed by atoms with Crippen LogP contribution in [0.4, 0.5) is 0 Å². The lowest BCUT2D eigenvalue weighted by Crippen LogP contribution is -2.37. The first-order chi connectivity index (χ1) is 11.4. The van der Waals surface area contributed by atoms with Crippen LogP contribution in [0.15, 0.2) is 29.3 Å². The highest BCUT2D eigenvalue weighted by atomic mass is 32.2. The summed E-state index contributed by atoms with van der Waals surface area (Å²) >= 11 is 1.39. The molecule has 2 aliphatic heterocycles. The van der Waals surface area contributed by atoms with Crippen LogP contribution < -0.4 is 0 Å². The molecule has 1 aromatic carbocycles. The Hall–Kier alpha value is -1.38. The van der Waals surface area contributed by atoms with Gasteiger partial charge in [-0.2, -0.15) is 4.99 Å². The van der Waals surface area contributed by atoms with Crippen LogP contribution in [0.25, 0.3) is 0 Å². The van der Waals surface area contributed by atoms with E-state index in [-0.39, 0.29) is 35.3 Å². The summed E-state index contributed by atoms with van der Waals surface area (Å²) in [5.41, 5.74) is 2.23. The van der Waals surface area contributed by atoms with Gasteiger partial charge in [-0.1, -0.05) is 41.6 Å². The average Bonchev–Trinajstić information content (AvgIpc) is 2.95. The first-order valence-electron chi connectivity index (χ1n) is 7.68. The van der Waals surface area contributed by atoms with E-state index in [1.807, 2.05) is 36.1 Å². The second kappa shape index (κ2) is 6.85. The molecular formula is C16H20N2O4S2. The Morgan fingerprint density at radius 2 is 2.04 bits per heavy atom. The van der Waals surface area contributed by atoms with Crippen molar-refractivity contribution in [3.8, 4) is 0 Å². The molecule has 0 unspecified atom stereocenters. The average molecular weight is 368 g/mol. The smallest absolute Gasteiger partial charge is 0.274 e. The van der Waals surface area contributed by atoms with Gasteiger partial charge in [-0.05, 0) is 12.5 Å². The molecule has 0 radical (unpaired) electrons. The largest absolute Gasteiger partial charge is 0.375 e. The molecule has 1 amide bonds. The Labute approximate surface area is 146 Å². The Morgan fingerprint density at radius 1 is 1.33 bits per heavy atom. The second-order valence-corrected chi connectivity index (χ2v) is 9.50. The number of carbonyl (C=O) groups is 1. The quantitative estimate of drug-likeness (QED) is 0.796. The van der Waals surface area contributed by atoms with Gasteiger partial charge in [0.25, 0.3) is 5.91 Å². The van der Waals surface area contributed by atoms with Crippen LogP contribution >= 0.6 is 11.8 Å². The van der Waals surface area contributed by atoms with Crippen LogP contribution in [0, 0.1) is 6.92 Å². The number of amides is 1. The molecule has 0 spiro atoms. The minimum Gasteiger partial charge on any atom is -0.375 e. The molecule has 0 aromatic heterocycles. The van der Waals surface area contributed by atoms with Gasteiger partial charge < -0.3 is 9.64 Å². The summed E-state index contributed by atoms with van der Waals surface area (Å²) < 4.78 is 28.7. The molecule has 2 heterocycles. The predicted octanol–water partition coefficient (Wildman–Crippen LogP) is 1.24. The zero-order valence-corrected chi connectivity index (χ0v) is 15.3. The first kappa shape index (κ1) is 17.4. The van der Waals surface area contributed by atoms with Crippen molar-refractivity contribution in [3.63, 3.8) is 0 Å². The predicted molar refractivity (Wildman–Crippen MR) is 94.9 cm³/mol. The van der Waals surface area contributed by atoms with E-state index in [1.54, 1.807) is 0 Å². The first-order valence-corrected chi connectivity index (χ1v) is 10.4. The third-order valence-corrected chi connectivity index (χ3v) is 7.38. The van der Waals surface area contributed by atoms with E-state index < -0.39 is 9.84 Å². The summed E-state index contributed by atoms with van der Waals surface area (Å²) in [5.74, 6) is -0.0881. The van der Waals surface area contributed by atoms with Gasteiger partial charge in [-0.3, -0.25) is 4.79 Å². The van der Waals surface area contributed by atoms with E-state index in [4.69, 9.17) is 4.74 Å². The van der Waals surface area contributed by atoms with Crippen LogP contribution in [0.1, 0.15) is 11.1 Å². The highest BCUT2D eigenvalue weighted by Crippen LogP contribution is 2.39. The molecule has 24 heavy (non-hydrogen) atoms. The lowest BCUT2D eigenvalue weighted by Gasteiger charge is -2.24. The van der Waals surface area contributed by atoms with Gasteiger partial charge in [0.05, 0.1) is 17.5 Å². The Balaban J connectivity index is 1.86. The zero-order valence-electron chi connectivity index (χ0n) is 13.6. The fraction of sp³-hybridized carbons (Fsp3) is 0.500. The van der Waals surface area contributed by atoms with Gasteiger partial charge in [0, 0.05) is 18.9 Å². The molecule has 1 aromatic rings. The van der Waals surface area contributed by atoms with Crippen LogP contribution in [-0.2, 0) is 25.9 Å². The fourth-order valence-corrected chi connectivity index (χ4v) is 6.94. The van der Waals surface area contributed by atoms with Crippen molar-refractivity contribution in [1.82, 2.24) is 4.90 Å². The van der Waals surface area contributed by atoms with Gasteiger partial charge in [-0.15, -0.1) is 0 Å². The molecule has 2 saturated heterocycles. The SMILES string of the molecule is COCC(=O)N=C1S[C@@H]2CS(=O)(=O)C[C@@H]2N1Cc1ccc(C)cc1. The highest BCUT2D eigenvalue weighted by molar-refractivity contribution is 8.15. The number of fused-ring (bicyclic) bond motifs is 1. The lowest BCUT2D eigenvalue weighted by atomic mass is 10.1. The van der Waals surface area contributed by atoms with Crippen molar-refractivity contribution in [2.45, 2.75) is 24.8 Å². The minimum atomic E-state index is -3.03. The zero-order chi connectivity index (χ0) is 17.3. The van der Waals surface area contributed by atoms with Crippen LogP contribution in [0.2, 0.25) is 0 Å². The van der Waals surface area contributed by atoms with Crippen molar-refractivity contribution in [2.24, 2.45) is 4.99 Å².